The molecular formula is C20H23Cl2CrN. The Labute approximate surface area is 169 Å². The van der Waals surface area contributed by atoms with Gasteiger partial charge in [-0.3, -0.25) is 11.1 Å². The van der Waals surface area contributed by atoms with Gasteiger partial charge in [0.1, 0.15) is 0 Å². The normalized spacial score (nSPS) is 10.8. The third-order valence-corrected chi connectivity index (χ3v) is 3.20. The van der Waals surface area contributed by atoms with Crippen molar-refractivity contribution in [2.24, 2.45) is 0 Å². The van der Waals surface area contributed by atoms with Crippen molar-refractivity contribution < 1.29 is 17.4 Å². The first kappa shape index (κ1) is 25.1. The van der Waals surface area contributed by atoms with Crippen LogP contribution in [0.5, 0.6) is 0 Å². The summed E-state index contributed by atoms with van der Waals surface area (Å²) in [6.45, 7) is 4.12. The van der Waals surface area contributed by atoms with Crippen molar-refractivity contribution in [1.29, 1.82) is 0 Å². The van der Waals surface area contributed by atoms with E-state index in [2.05, 4.69) is 67.4 Å². The summed E-state index contributed by atoms with van der Waals surface area (Å²) in [5, 5.41) is 0. The molecule has 1 aromatic carbocycles. The SMILES string of the molecule is C[C-](C)c1ccccn1.Cl.Cl.[C-]1=CC(Cc2ccccc2)=CC1.[Cr+2]. The predicted octanol–water partition coefficient (Wildman–Crippen LogP) is 5.80. The topological polar surface area (TPSA) is 12.9 Å². The Morgan fingerprint density at radius 3 is 2.12 bits per heavy atom. The standard InChI is InChI=1S/C12H11.C8H10N.2ClH.Cr/c1-2-6-11(7-3-1)10-12-8-4-5-9-12;1-7(2)8-5-3-4-6-9-8;;;/h1-3,6-9H,4,10H2;3-6H,1-2H3;2*1H;/q2*-1;;;+2. The molecule has 0 radical (unpaired) electrons. The minimum Gasteiger partial charge on any atom is -0.295 e. The van der Waals surface area contributed by atoms with E-state index in [4.69, 9.17) is 0 Å². The van der Waals surface area contributed by atoms with Gasteiger partial charge in [0.25, 0.3) is 0 Å². The van der Waals surface area contributed by atoms with Gasteiger partial charge in [-0.05, 0) is 0 Å². The Kier molecular flexibility index (Phi) is 14.8. The largest absolute Gasteiger partial charge is 2.00 e. The Morgan fingerprint density at radius 2 is 1.67 bits per heavy atom. The van der Waals surface area contributed by atoms with Crippen LogP contribution >= 0.6 is 24.8 Å². The predicted molar refractivity (Wildman–Crippen MR) is 103 cm³/mol. The van der Waals surface area contributed by atoms with Crippen LogP contribution in [0.2, 0.25) is 0 Å². The fraction of sp³-hybridized carbons (Fsp3) is 0.200. The van der Waals surface area contributed by atoms with Crippen molar-refractivity contribution in [3.05, 3.63) is 95.7 Å². The average Bonchev–Trinajstić information content (AvgIpc) is 3.03. The second kappa shape index (κ2) is 14.2. The zero-order valence-corrected chi connectivity index (χ0v) is 16.8. The third kappa shape index (κ3) is 9.21. The van der Waals surface area contributed by atoms with Gasteiger partial charge in [-0.2, -0.15) is 23.6 Å². The summed E-state index contributed by atoms with van der Waals surface area (Å²) in [7, 11) is 0. The molecule has 1 aliphatic carbocycles. The Hall–Kier alpha value is -1.17. The molecule has 0 saturated carbocycles. The molecular weight excluding hydrogens is 377 g/mol. The number of hydrogen-bond acceptors (Lipinski definition) is 1. The van der Waals surface area contributed by atoms with E-state index in [0.717, 1.165) is 18.5 Å². The van der Waals surface area contributed by atoms with Crippen LogP contribution in [0, 0.1) is 12.0 Å². The van der Waals surface area contributed by atoms with Crippen LogP contribution in [0.4, 0.5) is 0 Å². The summed E-state index contributed by atoms with van der Waals surface area (Å²) >= 11 is 0. The maximum Gasteiger partial charge on any atom is 2.00 e. The first-order valence-electron chi connectivity index (χ1n) is 7.27. The van der Waals surface area contributed by atoms with E-state index in [1.165, 1.54) is 17.1 Å². The van der Waals surface area contributed by atoms with E-state index in [9.17, 15) is 0 Å². The van der Waals surface area contributed by atoms with Crippen molar-refractivity contribution >= 4 is 24.8 Å². The molecule has 0 fully saturated rings. The van der Waals surface area contributed by atoms with Gasteiger partial charge in [-0.25, -0.2) is 6.08 Å². The molecule has 1 nitrogen and oxygen atoms in total. The zero-order valence-electron chi connectivity index (χ0n) is 13.9. The maximum atomic E-state index is 4.14. The smallest absolute Gasteiger partial charge is 0.295 e. The molecule has 2 aromatic rings. The van der Waals surface area contributed by atoms with E-state index in [1.54, 1.807) is 0 Å². The van der Waals surface area contributed by atoms with E-state index in [1.807, 2.05) is 24.4 Å². The third-order valence-electron chi connectivity index (χ3n) is 3.20. The second-order valence-corrected chi connectivity index (χ2v) is 5.21. The monoisotopic (exact) mass is 399 g/mol. The van der Waals surface area contributed by atoms with Crippen molar-refractivity contribution in [3.8, 4) is 0 Å². The number of nitrogens with zero attached hydrogens (tertiary/aromatic N) is 1. The van der Waals surface area contributed by atoms with Crippen molar-refractivity contribution in [3.63, 3.8) is 0 Å². The average molecular weight is 400 g/mol. The fourth-order valence-corrected chi connectivity index (χ4v) is 2.05. The van der Waals surface area contributed by atoms with Gasteiger partial charge >= 0.3 is 17.4 Å². The van der Waals surface area contributed by atoms with Gasteiger partial charge in [-0.15, -0.1) is 51.1 Å². The van der Waals surface area contributed by atoms with Gasteiger partial charge in [0, 0.05) is 6.20 Å². The second-order valence-electron chi connectivity index (χ2n) is 5.21. The quantitative estimate of drug-likeness (QED) is 0.593. The summed E-state index contributed by atoms with van der Waals surface area (Å²) in [5.74, 6) is 1.26. The molecule has 0 saturated heterocycles. The van der Waals surface area contributed by atoms with Crippen LogP contribution < -0.4 is 0 Å². The van der Waals surface area contributed by atoms with Crippen LogP contribution in [0.15, 0.2) is 72.5 Å². The summed E-state index contributed by atoms with van der Waals surface area (Å²) in [6.07, 6.45) is 11.3. The Balaban J connectivity index is 0. The molecule has 24 heavy (non-hydrogen) atoms. The molecule has 128 valence electrons. The number of hydrogen-bond donors (Lipinski definition) is 0. The molecule has 1 aliphatic rings. The molecule has 0 spiro atoms. The van der Waals surface area contributed by atoms with E-state index in [0.29, 0.717) is 0 Å². The van der Waals surface area contributed by atoms with Crippen LogP contribution in [-0.2, 0) is 23.8 Å². The van der Waals surface area contributed by atoms with E-state index in [-0.39, 0.29) is 42.2 Å². The van der Waals surface area contributed by atoms with Crippen molar-refractivity contribution in [1.82, 2.24) is 4.98 Å². The van der Waals surface area contributed by atoms with Gasteiger partial charge in [0.15, 0.2) is 0 Å². The number of aromatic nitrogens is 1. The minimum atomic E-state index is 0. The molecule has 0 aliphatic heterocycles. The first-order chi connectivity index (χ1) is 10.3. The fourth-order valence-electron chi connectivity index (χ4n) is 2.05. The molecule has 4 heteroatoms. The number of pyridine rings is 1. The summed E-state index contributed by atoms with van der Waals surface area (Å²) < 4.78 is 0. The van der Waals surface area contributed by atoms with E-state index < -0.39 is 0 Å². The Morgan fingerprint density at radius 1 is 1.00 bits per heavy atom. The number of benzene rings is 1. The summed E-state index contributed by atoms with van der Waals surface area (Å²) in [4.78, 5) is 4.14. The number of rotatable bonds is 3. The van der Waals surface area contributed by atoms with Crippen LogP contribution in [0.3, 0.4) is 0 Å². The van der Waals surface area contributed by atoms with Gasteiger partial charge in [-0.1, -0.05) is 54.1 Å². The molecule has 0 bridgehead atoms. The summed E-state index contributed by atoms with van der Waals surface area (Å²) in [6, 6.07) is 16.5. The van der Waals surface area contributed by atoms with E-state index >= 15 is 0 Å². The molecule has 0 atom stereocenters. The van der Waals surface area contributed by atoms with Gasteiger partial charge < -0.3 is 0 Å². The van der Waals surface area contributed by atoms with Gasteiger partial charge in [0.05, 0.1) is 0 Å². The van der Waals surface area contributed by atoms with Crippen LogP contribution in [0.1, 0.15) is 31.5 Å². The van der Waals surface area contributed by atoms with Crippen molar-refractivity contribution in [2.75, 3.05) is 0 Å². The molecule has 0 amide bonds. The minimum absolute atomic E-state index is 0. The number of allylic oxidation sites excluding steroid dienone is 4. The molecule has 0 N–H and O–H groups in total. The molecule has 1 aromatic heterocycles. The first-order valence-corrected chi connectivity index (χ1v) is 7.27. The Bertz CT molecular complexity index is 596. The van der Waals surface area contributed by atoms with Crippen molar-refractivity contribution in [2.45, 2.75) is 26.7 Å². The molecule has 1 heterocycles. The van der Waals surface area contributed by atoms with Crippen LogP contribution in [0.25, 0.3) is 0 Å². The number of halogens is 2. The van der Waals surface area contributed by atoms with Crippen LogP contribution in [-0.4, -0.2) is 4.98 Å². The molecule has 0 unspecified atom stereocenters. The summed E-state index contributed by atoms with van der Waals surface area (Å²) in [5.41, 5.74) is 3.85. The molecule has 3 rings (SSSR count). The van der Waals surface area contributed by atoms with Gasteiger partial charge in [0.2, 0.25) is 0 Å². The maximum absolute atomic E-state index is 4.14. The zero-order chi connectivity index (χ0) is 14.9.